The van der Waals surface area contributed by atoms with Gasteiger partial charge in [0.15, 0.2) is 0 Å². The van der Waals surface area contributed by atoms with Crippen LogP contribution < -0.4 is 9.62 Å². The molecule has 1 N–H and O–H groups in total. The van der Waals surface area contributed by atoms with E-state index in [1.807, 2.05) is 52.0 Å². The predicted octanol–water partition coefficient (Wildman–Crippen LogP) is 4.40. The van der Waals surface area contributed by atoms with Gasteiger partial charge in [-0.1, -0.05) is 60.0 Å². The minimum atomic E-state index is -3.89. The normalized spacial score (nSPS) is 12.4. The Kier molecular flexibility index (Phi) is 9.79. The predicted molar refractivity (Wildman–Crippen MR) is 138 cm³/mol. The number of carbonyl (C=O) groups excluding carboxylic acids is 2. The fraction of sp³-hybridized carbons (Fsp3) is 0.417. The highest BCUT2D eigenvalue weighted by molar-refractivity contribution is 7.92. The molecule has 2 rings (SSSR count). The molecule has 10 heteroatoms. The molecule has 0 radical (unpaired) electrons. The van der Waals surface area contributed by atoms with Crippen molar-refractivity contribution in [2.75, 3.05) is 17.1 Å². The number of benzene rings is 2. The molecular formula is C24H31Cl2N3O4S. The van der Waals surface area contributed by atoms with Crippen LogP contribution in [0.4, 0.5) is 5.69 Å². The van der Waals surface area contributed by atoms with Crippen molar-refractivity contribution in [1.29, 1.82) is 0 Å². The average Bonchev–Trinajstić information content (AvgIpc) is 2.73. The molecule has 2 amide bonds. The number of carbonyl (C=O) groups is 2. The number of amides is 2. The number of nitrogens with zero attached hydrogens (tertiary/aromatic N) is 2. The van der Waals surface area contributed by atoms with Gasteiger partial charge in [-0.2, -0.15) is 0 Å². The van der Waals surface area contributed by atoms with E-state index in [1.54, 1.807) is 0 Å². The van der Waals surface area contributed by atoms with Crippen molar-refractivity contribution in [1.82, 2.24) is 10.2 Å². The maximum Gasteiger partial charge on any atom is 0.244 e. The highest BCUT2D eigenvalue weighted by atomic mass is 35.5. The summed E-state index contributed by atoms with van der Waals surface area (Å²) >= 11 is 12.3. The Labute approximate surface area is 212 Å². The van der Waals surface area contributed by atoms with Crippen LogP contribution in [0.2, 0.25) is 10.0 Å². The van der Waals surface area contributed by atoms with Crippen LogP contribution in [-0.2, 0) is 26.2 Å². The number of hydrogen-bond donors (Lipinski definition) is 1. The van der Waals surface area contributed by atoms with E-state index in [2.05, 4.69) is 5.32 Å². The molecule has 1 atom stereocenters. The number of rotatable bonds is 10. The summed E-state index contributed by atoms with van der Waals surface area (Å²) in [6.07, 6.45) is 1.34. The Morgan fingerprint density at radius 2 is 1.68 bits per heavy atom. The van der Waals surface area contributed by atoms with Crippen molar-refractivity contribution in [3.8, 4) is 0 Å². The van der Waals surface area contributed by atoms with E-state index in [4.69, 9.17) is 23.2 Å². The molecule has 34 heavy (non-hydrogen) atoms. The molecule has 0 aliphatic carbocycles. The van der Waals surface area contributed by atoms with E-state index < -0.39 is 28.5 Å². The number of halogens is 2. The average molecular weight is 529 g/mol. The summed E-state index contributed by atoms with van der Waals surface area (Å²) in [7, 11) is -3.89. The lowest BCUT2D eigenvalue weighted by atomic mass is 10.1. The fourth-order valence-corrected chi connectivity index (χ4v) is 4.75. The Hall–Kier alpha value is -2.29. The molecule has 2 aromatic rings. The van der Waals surface area contributed by atoms with E-state index in [9.17, 15) is 18.0 Å². The first-order valence-corrected chi connectivity index (χ1v) is 13.5. The second-order valence-corrected chi connectivity index (χ2v) is 11.2. The molecule has 0 saturated heterocycles. The lowest BCUT2D eigenvalue weighted by Gasteiger charge is -2.33. The first-order valence-electron chi connectivity index (χ1n) is 10.9. The molecule has 0 fully saturated rings. The van der Waals surface area contributed by atoms with Gasteiger partial charge >= 0.3 is 0 Å². The van der Waals surface area contributed by atoms with Gasteiger partial charge in [0.1, 0.15) is 12.6 Å². The third kappa shape index (κ3) is 7.61. The van der Waals surface area contributed by atoms with Crippen LogP contribution in [0.3, 0.4) is 0 Å². The number of anilines is 1. The number of nitrogens with one attached hydrogen (secondary N) is 1. The fourth-order valence-electron chi connectivity index (χ4n) is 3.46. The Morgan fingerprint density at radius 1 is 1.06 bits per heavy atom. The van der Waals surface area contributed by atoms with Gasteiger partial charge in [-0.25, -0.2) is 8.42 Å². The number of sulfonamides is 1. The van der Waals surface area contributed by atoms with Crippen LogP contribution in [0.5, 0.6) is 0 Å². The summed E-state index contributed by atoms with van der Waals surface area (Å²) in [4.78, 5) is 28.0. The van der Waals surface area contributed by atoms with E-state index >= 15 is 0 Å². The Bertz CT molecular complexity index is 1120. The van der Waals surface area contributed by atoms with E-state index in [0.29, 0.717) is 6.42 Å². The monoisotopic (exact) mass is 527 g/mol. The molecule has 186 valence electrons. The van der Waals surface area contributed by atoms with E-state index in [-0.39, 0.29) is 34.2 Å². The first kappa shape index (κ1) is 28.0. The van der Waals surface area contributed by atoms with Crippen molar-refractivity contribution < 1.29 is 18.0 Å². The first-order chi connectivity index (χ1) is 15.8. The van der Waals surface area contributed by atoms with Gasteiger partial charge in [-0.05, 0) is 51.0 Å². The molecule has 0 bridgehead atoms. The summed E-state index contributed by atoms with van der Waals surface area (Å²) < 4.78 is 26.2. The van der Waals surface area contributed by atoms with Crippen LogP contribution in [0.15, 0.2) is 42.5 Å². The lowest BCUT2D eigenvalue weighted by molar-refractivity contribution is -0.140. The second-order valence-electron chi connectivity index (χ2n) is 8.46. The van der Waals surface area contributed by atoms with Crippen molar-refractivity contribution >= 4 is 50.7 Å². The molecule has 1 unspecified atom stereocenters. The third-order valence-corrected chi connectivity index (χ3v) is 6.83. The van der Waals surface area contributed by atoms with Gasteiger partial charge in [0.2, 0.25) is 21.8 Å². The van der Waals surface area contributed by atoms with Crippen LogP contribution in [0.25, 0.3) is 0 Å². The van der Waals surface area contributed by atoms with Gasteiger partial charge in [-0.3, -0.25) is 13.9 Å². The summed E-state index contributed by atoms with van der Waals surface area (Å²) in [5, 5.41) is 3.27. The highest BCUT2D eigenvalue weighted by Gasteiger charge is 2.32. The van der Waals surface area contributed by atoms with Crippen LogP contribution in [0, 0.1) is 6.92 Å². The quantitative estimate of drug-likeness (QED) is 0.495. The maximum absolute atomic E-state index is 13.6. The lowest BCUT2D eigenvalue weighted by Crippen LogP contribution is -2.53. The van der Waals surface area contributed by atoms with Gasteiger partial charge in [0.05, 0.1) is 17.0 Å². The summed E-state index contributed by atoms with van der Waals surface area (Å²) in [6, 6.07) is 11.1. The molecule has 2 aromatic carbocycles. The summed E-state index contributed by atoms with van der Waals surface area (Å²) in [5.41, 5.74) is 1.98. The standard InChI is InChI=1S/C24H31Cl2N3O4S/c1-6-21(24(31)27-16(2)3)28(14-18-9-7-17(4)8-10-18)23(30)15-29(34(5,32)33)22-13-19(25)11-12-20(22)26/h7-13,16,21H,6,14-15H2,1-5H3,(H,27,31). The number of aryl methyl sites for hydroxylation is 1. The Balaban J connectivity index is 2.48. The van der Waals surface area contributed by atoms with Crippen LogP contribution >= 0.6 is 23.2 Å². The van der Waals surface area contributed by atoms with Gasteiger partial charge in [0, 0.05) is 17.6 Å². The number of hydrogen-bond acceptors (Lipinski definition) is 4. The van der Waals surface area contributed by atoms with Crippen LogP contribution in [-0.4, -0.2) is 50.0 Å². The zero-order valence-electron chi connectivity index (χ0n) is 20.0. The minimum absolute atomic E-state index is 0.0972. The van der Waals surface area contributed by atoms with Gasteiger partial charge < -0.3 is 10.2 Å². The second kappa shape index (κ2) is 11.9. The van der Waals surface area contributed by atoms with Crippen molar-refractivity contribution in [2.24, 2.45) is 0 Å². The molecular weight excluding hydrogens is 497 g/mol. The molecule has 0 aliphatic rings. The zero-order valence-corrected chi connectivity index (χ0v) is 22.3. The smallest absolute Gasteiger partial charge is 0.244 e. The minimum Gasteiger partial charge on any atom is -0.352 e. The van der Waals surface area contributed by atoms with E-state index in [1.165, 1.54) is 23.1 Å². The molecule has 0 aliphatic heterocycles. The third-order valence-electron chi connectivity index (χ3n) is 5.15. The van der Waals surface area contributed by atoms with Gasteiger partial charge in [-0.15, -0.1) is 0 Å². The zero-order chi connectivity index (χ0) is 25.6. The SMILES string of the molecule is CCC(C(=O)NC(C)C)N(Cc1ccc(C)cc1)C(=O)CN(c1cc(Cl)ccc1Cl)S(C)(=O)=O. The van der Waals surface area contributed by atoms with E-state index in [0.717, 1.165) is 21.7 Å². The largest absolute Gasteiger partial charge is 0.352 e. The van der Waals surface area contributed by atoms with Gasteiger partial charge in [0.25, 0.3) is 0 Å². The molecule has 0 spiro atoms. The topological polar surface area (TPSA) is 86.8 Å². The highest BCUT2D eigenvalue weighted by Crippen LogP contribution is 2.31. The summed E-state index contributed by atoms with van der Waals surface area (Å²) in [6.45, 7) is 7.05. The van der Waals surface area contributed by atoms with Crippen molar-refractivity contribution in [2.45, 2.75) is 52.7 Å². The molecule has 7 nitrogen and oxygen atoms in total. The maximum atomic E-state index is 13.6. The van der Waals surface area contributed by atoms with Crippen molar-refractivity contribution in [3.63, 3.8) is 0 Å². The Morgan fingerprint density at radius 3 is 2.21 bits per heavy atom. The summed E-state index contributed by atoms with van der Waals surface area (Å²) in [5.74, 6) is -0.836. The van der Waals surface area contributed by atoms with Crippen molar-refractivity contribution in [3.05, 3.63) is 63.6 Å². The molecule has 0 heterocycles. The molecule has 0 saturated carbocycles. The van der Waals surface area contributed by atoms with Crippen LogP contribution in [0.1, 0.15) is 38.3 Å². The molecule has 0 aromatic heterocycles.